The van der Waals surface area contributed by atoms with Crippen molar-refractivity contribution in [2.45, 2.75) is 38.3 Å². The molecule has 0 amide bonds. The predicted octanol–water partition coefficient (Wildman–Crippen LogP) is 3.03. The Morgan fingerprint density at radius 3 is 2.67 bits per heavy atom. The van der Waals surface area contributed by atoms with Crippen molar-refractivity contribution < 1.29 is 4.42 Å². The molecule has 1 aromatic carbocycles. The van der Waals surface area contributed by atoms with E-state index in [1.807, 2.05) is 13.1 Å². The maximum atomic E-state index is 5.72. The van der Waals surface area contributed by atoms with Gasteiger partial charge < -0.3 is 15.1 Å². The van der Waals surface area contributed by atoms with Crippen molar-refractivity contribution in [1.29, 1.82) is 0 Å². The molecule has 2 aliphatic heterocycles. The molecule has 0 saturated carbocycles. The lowest BCUT2D eigenvalue weighted by atomic mass is 10.00. The van der Waals surface area contributed by atoms with E-state index in [9.17, 15) is 0 Å². The quantitative estimate of drug-likeness (QED) is 0.399. The van der Waals surface area contributed by atoms with Crippen molar-refractivity contribution in [2.24, 2.45) is 4.99 Å². The first kappa shape index (κ1) is 20.9. The normalized spacial score (nSPS) is 18.9. The molecule has 3 heterocycles. The molecule has 4 rings (SSSR count). The van der Waals surface area contributed by atoms with Crippen LogP contribution in [0.25, 0.3) is 0 Å². The minimum Gasteiger partial charge on any atom is -0.468 e. The Labute approximate surface area is 180 Å². The monoisotopic (exact) mass is 409 g/mol. The van der Waals surface area contributed by atoms with E-state index >= 15 is 0 Å². The number of nitrogens with zero attached hydrogens (tertiary/aromatic N) is 3. The molecular weight excluding hydrogens is 374 g/mol. The Bertz CT molecular complexity index is 798. The van der Waals surface area contributed by atoms with Gasteiger partial charge in [0.05, 0.1) is 12.3 Å². The number of likely N-dealkylation sites (tertiary alicyclic amines) is 1. The van der Waals surface area contributed by atoms with Crippen LogP contribution >= 0.6 is 0 Å². The van der Waals surface area contributed by atoms with Gasteiger partial charge in [0.2, 0.25) is 0 Å². The Morgan fingerprint density at radius 1 is 1.07 bits per heavy atom. The number of benzene rings is 1. The molecule has 6 heteroatoms. The Kier molecular flexibility index (Phi) is 7.43. The second kappa shape index (κ2) is 10.6. The van der Waals surface area contributed by atoms with Gasteiger partial charge in [0, 0.05) is 39.8 Å². The number of hydrogen-bond acceptors (Lipinski definition) is 4. The zero-order chi connectivity index (χ0) is 20.6. The standard InChI is InChI=1S/C24H35N5O/c1-25-24(27-18-22(23-10-6-17-30-23)29-14-4-5-15-29)26-12-7-13-28-16-11-20-8-2-3-9-21(20)19-28/h2-3,6,8-10,17,22H,4-5,7,11-16,18-19H2,1H3,(H2,25,26,27). The topological polar surface area (TPSA) is 56.0 Å². The van der Waals surface area contributed by atoms with Gasteiger partial charge in [0.25, 0.3) is 0 Å². The first-order valence-corrected chi connectivity index (χ1v) is 11.3. The first-order valence-electron chi connectivity index (χ1n) is 11.3. The van der Waals surface area contributed by atoms with Gasteiger partial charge in [-0.3, -0.25) is 14.8 Å². The maximum Gasteiger partial charge on any atom is 0.191 e. The van der Waals surface area contributed by atoms with Gasteiger partial charge in [-0.2, -0.15) is 0 Å². The number of furan rings is 1. The van der Waals surface area contributed by atoms with Gasteiger partial charge in [-0.05, 0) is 62.0 Å². The predicted molar refractivity (Wildman–Crippen MR) is 122 cm³/mol. The van der Waals surface area contributed by atoms with Gasteiger partial charge in [-0.15, -0.1) is 0 Å². The highest BCUT2D eigenvalue weighted by Gasteiger charge is 2.25. The van der Waals surface area contributed by atoms with Crippen molar-refractivity contribution in [3.8, 4) is 0 Å². The lowest BCUT2D eigenvalue weighted by Crippen LogP contribution is -2.43. The largest absolute Gasteiger partial charge is 0.468 e. The summed E-state index contributed by atoms with van der Waals surface area (Å²) in [5.41, 5.74) is 3.00. The number of fused-ring (bicyclic) bond motifs is 1. The highest BCUT2D eigenvalue weighted by molar-refractivity contribution is 5.79. The van der Waals surface area contributed by atoms with Crippen LogP contribution in [0.4, 0.5) is 0 Å². The second-order valence-electron chi connectivity index (χ2n) is 8.30. The van der Waals surface area contributed by atoms with E-state index in [1.165, 1.54) is 24.0 Å². The molecular formula is C24H35N5O. The molecule has 30 heavy (non-hydrogen) atoms. The van der Waals surface area contributed by atoms with Crippen molar-refractivity contribution in [3.05, 3.63) is 59.5 Å². The molecule has 1 atom stereocenters. The number of guanidine groups is 1. The Morgan fingerprint density at radius 2 is 1.90 bits per heavy atom. The van der Waals surface area contributed by atoms with Crippen LogP contribution in [0.1, 0.15) is 42.2 Å². The van der Waals surface area contributed by atoms with Crippen LogP contribution < -0.4 is 10.6 Å². The molecule has 2 aliphatic rings. The number of rotatable bonds is 8. The van der Waals surface area contributed by atoms with Gasteiger partial charge in [0.15, 0.2) is 5.96 Å². The average molecular weight is 410 g/mol. The highest BCUT2D eigenvalue weighted by atomic mass is 16.3. The van der Waals surface area contributed by atoms with E-state index in [-0.39, 0.29) is 6.04 Å². The summed E-state index contributed by atoms with van der Waals surface area (Å²) in [7, 11) is 1.84. The molecule has 162 valence electrons. The third-order valence-electron chi connectivity index (χ3n) is 6.29. The van der Waals surface area contributed by atoms with Crippen molar-refractivity contribution in [3.63, 3.8) is 0 Å². The van der Waals surface area contributed by atoms with Crippen molar-refractivity contribution >= 4 is 5.96 Å². The zero-order valence-corrected chi connectivity index (χ0v) is 18.1. The summed E-state index contributed by atoms with van der Waals surface area (Å²) >= 11 is 0. The fourth-order valence-electron chi connectivity index (χ4n) is 4.61. The first-order chi connectivity index (χ1) is 14.8. The minimum absolute atomic E-state index is 0.259. The van der Waals surface area contributed by atoms with Crippen LogP contribution in [-0.2, 0) is 13.0 Å². The summed E-state index contributed by atoms with van der Waals surface area (Å²) in [6.45, 7) is 7.34. The van der Waals surface area contributed by atoms with Gasteiger partial charge in [-0.25, -0.2) is 0 Å². The molecule has 6 nitrogen and oxygen atoms in total. The van der Waals surface area contributed by atoms with Crippen LogP contribution in [0, 0.1) is 0 Å². The Hall–Kier alpha value is -2.31. The summed E-state index contributed by atoms with van der Waals surface area (Å²) in [4.78, 5) is 9.48. The summed E-state index contributed by atoms with van der Waals surface area (Å²) in [5.74, 6) is 1.90. The van der Waals surface area contributed by atoms with E-state index in [1.54, 1.807) is 6.26 Å². The van der Waals surface area contributed by atoms with Crippen LogP contribution in [0.5, 0.6) is 0 Å². The molecule has 0 bridgehead atoms. The van der Waals surface area contributed by atoms with E-state index in [0.29, 0.717) is 0 Å². The SMILES string of the molecule is CN=C(NCCCN1CCc2ccccc2C1)NCC(c1ccco1)N1CCCC1. The number of aliphatic imine (C=N–C) groups is 1. The van der Waals surface area contributed by atoms with Gasteiger partial charge in [-0.1, -0.05) is 24.3 Å². The fraction of sp³-hybridized carbons (Fsp3) is 0.542. The van der Waals surface area contributed by atoms with Crippen molar-refractivity contribution in [2.75, 3.05) is 46.3 Å². The van der Waals surface area contributed by atoms with E-state index in [4.69, 9.17) is 4.42 Å². The molecule has 1 aromatic heterocycles. The molecule has 1 fully saturated rings. The molecule has 2 aromatic rings. The summed E-state index contributed by atoms with van der Waals surface area (Å²) in [5, 5.41) is 6.99. The lowest BCUT2D eigenvalue weighted by Gasteiger charge is -2.29. The van der Waals surface area contributed by atoms with Gasteiger partial charge >= 0.3 is 0 Å². The number of nitrogens with one attached hydrogen (secondary N) is 2. The lowest BCUT2D eigenvalue weighted by molar-refractivity contribution is 0.215. The molecule has 2 N–H and O–H groups in total. The highest BCUT2D eigenvalue weighted by Crippen LogP contribution is 2.24. The van der Waals surface area contributed by atoms with Crippen LogP contribution in [0.15, 0.2) is 52.1 Å². The third-order valence-corrected chi connectivity index (χ3v) is 6.29. The second-order valence-corrected chi connectivity index (χ2v) is 8.30. The smallest absolute Gasteiger partial charge is 0.191 e. The van der Waals surface area contributed by atoms with E-state index in [0.717, 1.165) is 70.4 Å². The van der Waals surface area contributed by atoms with Gasteiger partial charge in [0.1, 0.15) is 5.76 Å². The third kappa shape index (κ3) is 5.43. The fourth-order valence-corrected chi connectivity index (χ4v) is 4.61. The van der Waals surface area contributed by atoms with E-state index in [2.05, 4.69) is 55.8 Å². The molecule has 0 aliphatic carbocycles. The Balaban J connectivity index is 1.19. The molecule has 0 radical (unpaired) electrons. The molecule has 0 spiro atoms. The van der Waals surface area contributed by atoms with Crippen LogP contribution in [0.3, 0.4) is 0 Å². The minimum atomic E-state index is 0.259. The maximum absolute atomic E-state index is 5.72. The summed E-state index contributed by atoms with van der Waals surface area (Å²) in [6.07, 6.45) is 6.58. The molecule has 1 saturated heterocycles. The molecule has 1 unspecified atom stereocenters. The number of hydrogen-bond donors (Lipinski definition) is 2. The van der Waals surface area contributed by atoms with E-state index < -0.39 is 0 Å². The van der Waals surface area contributed by atoms with Crippen LogP contribution in [0.2, 0.25) is 0 Å². The van der Waals surface area contributed by atoms with Crippen LogP contribution in [-0.4, -0.2) is 62.1 Å². The zero-order valence-electron chi connectivity index (χ0n) is 18.1. The van der Waals surface area contributed by atoms with Crippen molar-refractivity contribution in [1.82, 2.24) is 20.4 Å². The summed E-state index contributed by atoms with van der Waals surface area (Å²) < 4.78 is 5.72. The average Bonchev–Trinajstić information content (AvgIpc) is 3.50. The summed E-state index contributed by atoms with van der Waals surface area (Å²) in [6, 6.07) is 13.1.